The topological polar surface area (TPSA) is 95.5 Å². The molecular formula is C17H18N2O6. The van der Waals surface area contributed by atoms with Crippen LogP contribution in [0.3, 0.4) is 0 Å². The van der Waals surface area contributed by atoms with Crippen LogP contribution in [0.25, 0.3) is 0 Å². The number of carbonyl (C=O) groups is 2. The lowest BCUT2D eigenvalue weighted by atomic mass is 9.92. The lowest BCUT2D eigenvalue weighted by Crippen LogP contribution is -2.39. The van der Waals surface area contributed by atoms with Crippen molar-refractivity contribution >= 4 is 17.7 Å². The number of hydrogen-bond acceptors (Lipinski definition) is 8. The van der Waals surface area contributed by atoms with Gasteiger partial charge < -0.3 is 18.9 Å². The Morgan fingerprint density at radius 2 is 1.84 bits per heavy atom. The fourth-order valence-electron chi connectivity index (χ4n) is 2.73. The van der Waals surface area contributed by atoms with Gasteiger partial charge in [-0.1, -0.05) is 30.3 Å². The van der Waals surface area contributed by atoms with Gasteiger partial charge in [0, 0.05) is 5.56 Å². The largest absolute Gasteiger partial charge is 0.464 e. The first-order valence-electron chi connectivity index (χ1n) is 7.67. The third kappa shape index (κ3) is 3.40. The van der Waals surface area contributed by atoms with Gasteiger partial charge in [-0.2, -0.15) is 5.10 Å². The Morgan fingerprint density at radius 3 is 2.52 bits per heavy atom. The number of rotatable bonds is 3. The Balaban J connectivity index is 1.93. The van der Waals surface area contributed by atoms with Crippen molar-refractivity contribution in [1.82, 2.24) is 5.43 Å². The van der Waals surface area contributed by atoms with E-state index in [1.54, 1.807) is 0 Å². The number of carbonyl (C=O) groups excluding carboxylic acids is 2. The summed E-state index contributed by atoms with van der Waals surface area (Å²) in [5, 5.41) is 3.97. The highest BCUT2D eigenvalue weighted by Gasteiger charge is 2.38. The molecule has 3 rings (SSSR count). The van der Waals surface area contributed by atoms with Crippen LogP contribution in [0.2, 0.25) is 0 Å². The molecule has 1 aromatic carbocycles. The minimum absolute atomic E-state index is 0.0810. The SMILES string of the molecule is COC(=O)C1=NNC(C(=O)OC)=C2COC(c3ccccc3)OCC12. The second kappa shape index (κ2) is 7.45. The molecule has 2 heterocycles. The molecule has 25 heavy (non-hydrogen) atoms. The average Bonchev–Trinajstić information content (AvgIpc) is 2.90. The van der Waals surface area contributed by atoms with Crippen LogP contribution in [0.4, 0.5) is 0 Å². The molecule has 0 aliphatic carbocycles. The van der Waals surface area contributed by atoms with E-state index in [0.29, 0.717) is 5.57 Å². The van der Waals surface area contributed by atoms with Crippen LogP contribution in [-0.2, 0) is 28.5 Å². The number of nitrogens with zero attached hydrogens (tertiary/aromatic N) is 1. The van der Waals surface area contributed by atoms with Crippen molar-refractivity contribution < 1.29 is 28.5 Å². The van der Waals surface area contributed by atoms with Crippen LogP contribution in [0, 0.1) is 5.92 Å². The summed E-state index contributed by atoms with van der Waals surface area (Å²) in [7, 11) is 2.54. The molecule has 2 unspecified atom stereocenters. The number of hydrazone groups is 1. The highest BCUT2D eigenvalue weighted by atomic mass is 16.7. The molecule has 2 aliphatic rings. The number of hydrogen-bond donors (Lipinski definition) is 1. The summed E-state index contributed by atoms with van der Waals surface area (Å²) in [6.07, 6.45) is -0.614. The molecule has 1 N–H and O–H groups in total. The van der Waals surface area contributed by atoms with E-state index in [1.165, 1.54) is 14.2 Å². The quantitative estimate of drug-likeness (QED) is 0.813. The molecule has 0 spiro atoms. The minimum atomic E-state index is -0.614. The lowest BCUT2D eigenvalue weighted by molar-refractivity contribution is -0.137. The van der Waals surface area contributed by atoms with E-state index in [2.05, 4.69) is 10.5 Å². The van der Waals surface area contributed by atoms with Gasteiger partial charge in [-0.15, -0.1) is 0 Å². The molecule has 2 aliphatic heterocycles. The van der Waals surface area contributed by atoms with Crippen molar-refractivity contribution in [2.75, 3.05) is 27.4 Å². The predicted molar refractivity (Wildman–Crippen MR) is 86.2 cm³/mol. The van der Waals surface area contributed by atoms with Crippen molar-refractivity contribution in [1.29, 1.82) is 0 Å². The monoisotopic (exact) mass is 346 g/mol. The third-order valence-corrected chi connectivity index (χ3v) is 4.02. The smallest absolute Gasteiger partial charge is 0.356 e. The zero-order valence-electron chi connectivity index (χ0n) is 13.9. The second-order valence-electron chi connectivity index (χ2n) is 5.43. The van der Waals surface area contributed by atoms with Crippen molar-refractivity contribution in [3.63, 3.8) is 0 Å². The fraction of sp³-hybridized carbons (Fsp3) is 0.353. The first kappa shape index (κ1) is 17.1. The van der Waals surface area contributed by atoms with Gasteiger partial charge in [-0.25, -0.2) is 9.59 Å². The highest BCUT2D eigenvalue weighted by molar-refractivity contribution is 6.38. The van der Waals surface area contributed by atoms with Gasteiger partial charge in [0.15, 0.2) is 12.0 Å². The molecule has 1 saturated heterocycles. The van der Waals surface area contributed by atoms with E-state index in [1.807, 2.05) is 30.3 Å². The normalized spacial score (nSPS) is 22.9. The van der Waals surface area contributed by atoms with E-state index >= 15 is 0 Å². The summed E-state index contributed by atoms with van der Waals surface area (Å²) in [4.78, 5) is 24.0. The van der Waals surface area contributed by atoms with Crippen LogP contribution in [0.1, 0.15) is 11.9 Å². The maximum absolute atomic E-state index is 12.0. The van der Waals surface area contributed by atoms with Crippen LogP contribution in [0.5, 0.6) is 0 Å². The van der Waals surface area contributed by atoms with E-state index in [4.69, 9.17) is 18.9 Å². The molecule has 0 aromatic heterocycles. The maximum atomic E-state index is 12.0. The van der Waals surface area contributed by atoms with E-state index < -0.39 is 24.1 Å². The molecular weight excluding hydrogens is 328 g/mol. The number of fused-ring (bicyclic) bond motifs is 1. The van der Waals surface area contributed by atoms with Crippen molar-refractivity contribution in [3.8, 4) is 0 Å². The van der Waals surface area contributed by atoms with Gasteiger partial charge >= 0.3 is 11.9 Å². The Labute approximate surface area is 144 Å². The van der Waals surface area contributed by atoms with Gasteiger partial charge in [-0.3, -0.25) is 5.43 Å². The third-order valence-electron chi connectivity index (χ3n) is 4.02. The molecule has 8 nitrogen and oxygen atoms in total. The lowest BCUT2D eigenvalue weighted by Gasteiger charge is -2.24. The fourth-order valence-corrected chi connectivity index (χ4v) is 2.73. The predicted octanol–water partition coefficient (Wildman–Crippen LogP) is 0.907. The van der Waals surface area contributed by atoms with E-state index in [-0.39, 0.29) is 24.6 Å². The zero-order chi connectivity index (χ0) is 17.8. The molecule has 8 heteroatoms. The Bertz CT molecular complexity index is 728. The number of benzene rings is 1. The first-order valence-corrected chi connectivity index (χ1v) is 7.67. The molecule has 0 radical (unpaired) electrons. The minimum Gasteiger partial charge on any atom is -0.464 e. The Hall–Kier alpha value is -2.71. The van der Waals surface area contributed by atoms with Crippen LogP contribution < -0.4 is 5.43 Å². The standard InChI is InChI=1S/C17H18N2O6/c1-22-15(20)13-11-8-24-17(10-6-4-3-5-7-10)25-9-12(11)14(19-18-13)16(21)23-2/h3-7,11,17,19H,8-9H2,1-2H3. The number of esters is 2. The molecule has 1 aromatic rings. The summed E-state index contributed by atoms with van der Waals surface area (Å²) >= 11 is 0. The van der Waals surface area contributed by atoms with Crippen molar-refractivity contribution in [3.05, 3.63) is 47.2 Å². The van der Waals surface area contributed by atoms with Gasteiger partial charge in [0.25, 0.3) is 0 Å². The van der Waals surface area contributed by atoms with Crippen molar-refractivity contribution in [2.45, 2.75) is 6.29 Å². The Morgan fingerprint density at radius 1 is 1.12 bits per heavy atom. The number of nitrogens with one attached hydrogen (secondary N) is 1. The Kier molecular flexibility index (Phi) is 5.11. The summed E-state index contributed by atoms with van der Waals surface area (Å²) in [5.41, 5.74) is 4.23. The highest BCUT2D eigenvalue weighted by Crippen LogP contribution is 2.31. The molecule has 0 saturated carbocycles. The number of methoxy groups -OCH3 is 2. The van der Waals surface area contributed by atoms with E-state index in [9.17, 15) is 9.59 Å². The van der Waals surface area contributed by atoms with Gasteiger partial charge in [-0.05, 0) is 5.57 Å². The average molecular weight is 346 g/mol. The van der Waals surface area contributed by atoms with Gasteiger partial charge in [0.05, 0.1) is 33.4 Å². The summed E-state index contributed by atoms with van der Waals surface area (Å²) in [6, 6.07) is 9.40. The van der Waals surface area contributed by atoms with Crippen LogP contribution in [-0.4, -0.2) is 45.1 Å². The van der Waals surface area contributed by atoms with E-state index in [0.717, 1.165) is 5.56 Å². The summed E-state index contributed by atoms with van der Waals surface area (Å²) in [5.74, 6) is -1.74. The zero-order valence-corrected chi connectivity index (χ0v) is 13.9. The molecule has 0 bridgehead atoms. The van der Waals surface area contributed by atoms with Gasteiger partial charge in [0.2, 0.25) is 0 Å². The second-order valence-corrected chi connectivity index (χ2v) is 5.43. The van der Waals surface area contributed by atoms with Gasteiger partial charge in [0.1, 0.15) is 5.70 Å². The molecule has 132 valence electrons. The molecule has 1 fully saturated rings. The molecule has 0 amide bonds. The van der Waals surface area contributed by atoms with Crippen LogP contribution >= 0.6 is 0 Å². The maximum Gasteiger partial charge on any atom is 0.356 e. The van der Waals surface area contributed by atoms with Crippen molar-refractivity contribution in [2.24, 2.45) is 11.0 Å². The van der Waals surface area contributed by atoms with Crippen LogP contribution in [0.15, 0.2) is 46.7 Å². The summed E-state index contributed by atoms with van der Waals surface area (Å²) < 4.78 is 21.2. The number of ether oxygens (including phenoxy) is 4. The first-order chi connectivity index (χ1) is 12.2. The summed E-state index contributed by atoms with van der Waals surface area (Å²) in [6.45, 7) is 0.197. The molecule has 2 atom stereocenters.